The Morgan fingerprint density at radius 1 is 1.64 bits per heavy atom. The molecule has 1 atom stereocenters. The summed E-state index contributed by atoms with van der Waals surface area (Å²) in [7, 11) is -3.60. The Kier molecular flexibility index (Phi) is 1.96. The van der Waals surface area contributed by atoms with Gasteiger partial charge in [0.05, 0.1) is 5.60 Å². The van der Waals surface area contributed by atoms with Crippen molar-refractivity contribution in [2.75, 3.05) is 13.1 Å². The van der Waals surface area contributed by atoms with E-state index in [1.807, 2.05) is 0 Å². The molecule has 0 aromatic heterocycles. The summed E-state index contributed by atoms with van der Waals surface area (Å²) in [6, 6.07) is 0. The van der Waals surface area contributed by atoms with Crippen LogP contribution in [-0.2, 0) is 10.2 Å². The van der Waals surface area contributed by atoms with Gasteiger partial charge in [0, 0.05) is 13.1 Å². The van der Waals surface area contributed by atoms with Crippen LogP contribution in [0.1, 0.15) is 13.3 Å². The molecule has 0 spiro atoms. The molecule has 0 amide bonds. The van der Waals surface area contributed by atoms with Crippen LogP contribution < -0.4 is 5.14 Å². The molecule has 0 aromatic carbocycles. The van der Waals surface area contributed by atoms with Gasteiger partial charge in [-0.1, -0.05) is 0 Å². The third-order valence-electron chi connectivity index (χ3n) is 1.78. The zero-order chi connectivity index (χ0) is 8.70. The first-order chi connectivity index (χ1) is 4.81. The third-order valence-corrected chi connectivity index (χ3v) is 2.81. The molecule has 1 aliphatic heterocycles. The molecule has 1 heterocycles. The molecule has 1 saturated heterocycles. The Hall–Kier alpha value is -0.170. The van der Waals surface area contributed by atoms with Gasteiger partial charge in [-0.05, 0) is 13.3 Å². The van der Waals surface area contributed by atoms with E-state index in [9.17, 15) is 13.5 Å². The van der Waals surface area contributed by atoms with Gasteiger partial charge >= 0.3 is 0 Å². The summed E-state index contributed by atoms with van der Waals surface area (Å²) in [5, 5.41) is 14.2. The van der Waals surface area contributed by atoms with Gasteiger partial charge in [-0.3, -0.25) is 0 Å². The van der Waals surface area contributed by atoms with Crippen molar-refractivity contribution in [1.29, 1.82) is 0 Å². The minimum atomic E-state index is -3.60. The van der Waals surface area contributed by atoms with Crippen molar-refractivity contribution in [3.8, 4) is 0 Å². The predicted octanol–water partition coefficient (Wildman–Crippen LogP) is -1.35. The maximum atomic E-state index is 10.7. The molecule has 6 heteroatoms. The maximum absolute atomic E-state index is 10.7. The molecule has 11 heavy (non-hydrogen) atoms. The van der Waals surface area contributed by atoms with Crippen LogP contribution >= 0.6 is 0 Å². The smallest absolute Gasteiger partial charge is 0.277 e. The van der Waals surface area contributed by atoms with Gasteiger partial charge in [0.15, 0.2) is 0 Å². The van der Waals surface area contributed by atoms with E-state index in [0.717, 1.165) is 4.31 Å². The normalized spacial score (nSPS) is 34.5. The van der Waals surface area contributed by atoms with E-state index in [2.05, 4.69) is 0 Å². The van der Waals surface area contributed by atoms with Crippen molar-refractivity contribution < 1.29 is 13.5 Å². The molecule has 3 N–H and O–H groups in total. The van der Waals surface area contributed by atoms with E-state index < -0.39 is 15.8 Å². The summed E-state index contributed by atoms with van der Waals surface area (Å²) < 4.78 is 22.5. The first-order valence-corrected chi connectivity index (χ1v) is 4.82. The van der Waals surface area contributed by atoms with Gasteiger partial charge < -0.3 is 5.11 Å². The summed E-state index contributed by atoms with van der Waals surface area (Å²) in [6.07, 6.45) is 0.448. The van der Waals surface area contributed by atoms with Gasteiger partial charge in [-0.2, -0.15) is 12.7 Å². The second-order valence-electron chi connectivity index (χ2n) is 3.13. The number of aliphatic hydroxyl groups is 1. The van der Waals surface area contributed by atoms with Gasteiger partial charge in [0.25, 0.3) is 10.2 Å². The molecule has 1 rings (SSSR count). The summed E-state index contributed by atoms with van der Waals surface area (Å²) >= 11 is 0. The number of β-amino-alcohol motifs (C(OH)–C–C–N with tert-alkyl or cyclic N) is 1. The second-order valence-corrected chi connectivity index (χ2v) is 4.67. The van der Waals surface area contributed by atoms with Crippen LogP contribution in [0.25, 0.3) is 0 Å². The van der Waals surface area contributed by atoms with Gasteiger partial charge in [-0.15, -0.1) is 0 Å². The fraction of sp³-hybridized carbons (Fsp3) is 1.00. The van der Waals surface area contributed by atoms with Crippen molar-refractivity contribution in [1.82, 2.24) is 4.31 Å². The average molecular weight is 180 g/mol. The second kappa shape index (κ2) is 2.41. The Bertz CT molecular complexity index is 246. The molecule has 0 radical (unpaired) electrons. The summed E-state index contributed by atoms with van der Waals surface area (Å²) in [4.78, 5) is 0. The third kappa shape index (κ3) is 2.13. The summed E-state index contributed by atoms with van der Waals surface area (Å²) in [5.41, 5.74) is -0.910. The maximum Gasteiger partial charge on any atom is 0.277 e. The van der Waals surface area contributed by atoms with Crippen LogP contribution in [0.15, 0.2) is 0 Å². The van der Waals surface area contributed by atoms with Crippen LogP contribution in [0.3, 0.4) is 0 Å². The standard InChI is InChI=1S/C5H12N2O3S/c1-5(8)2-3-7(4-5)11(6,9)10/h8H,2-4H2,1H3,(H2,6,9,10). The Morgan fingerprint density at radius 3 is 2.36 bits per heavy atom. The molecule has 1 unspecified atom stereocenters. The van der Waals surface area contributed by atoms with E-state index in [1.54, 1.807) is 6.92 Å². The van der Waals surface area contributed by atoms with E-state index in [0.29, 0.717) is 13.0 Å². The zero-order valence-electron chi connectivity index (χ0n) is 6.32. The van der Waals surface area contributed by atoms with Gasteiger partial charge in [0.1, 0.15) is 0 Å². The minimum absolute atomic E-state index is 0.103. The number of nitrogens with zero attached hydrogens (tertiary/aromatic N) is 1. The van der Waals surface area contributed by atoms with Crippen LogP contribution in [0, 0.1) is 0 Å². The van der Waals surface area contributed by atoms with E-state index >= 15 is 0 Å². The zero-order valence-corrected chi connectivity index (χ0v) is 7.13. The topological polar surface area (TPSA) is 83.6 Å². The largest absolute Gasteiger partial charge is 0.389 e. The van der Waals surface area contributed by atoms with Crippen LogP contribution in [-0.4, -0.2) is 36.5 Å². The lowest BCUT2D eigenvalue weighted by molar-refractivity contribution is 0.0762. The Balaban J connectivity index is 2.71. The van der Waals surface area contributed by atoms with Crippen molar-refractivity contribution in [2.45, 2.75) is 18.9 Å². The lowest BCUT2D eigenvalue weighted by Gasteiger charge is -2.16. The monoisotopic (exact) mass is 180 g/mol. The lowest BCUT2D eigenvalue weighted by Crippen LogP contribution is -2.37. The van der Waals surface area contributed by atoms with Crippen LogP contribution in [0.2, 0.25) is 0 Å². The fourth-order valence-electron chi connectivity index (χ4n) is 1.12. The first kappa shape index (κ1) is 8.92. The van der Waals surface area contributed by atoms with Gasteiger partial charge in [0.2, 0.25) is 0 Å². The quantitative estimate of drug-likeness (QED) is 0.523. The lowest BCUT2D eigenvalue weighted by atomic mass is 10.1. The Morgan fingerprint density at radius 2 is 2.18 bits per heavy atom. The van der Waals surface area contributed by atoms with E-state index in [-0.39, 0.29) is 6.54 Å². The molecule has 1 aliphatic rings. The molecule has 0 bridgehead atoms. The van der Waals surface area contributed by atoms with Crippen molar-refractivity contribution >= 4 is 10.2 Å². The van der Waals surface area contributed by atoms with Crippen LogP contribution in [0.4, 0.5) is 0 Å². The minimum Gasteiger partial charge on any atom is -0.389 e. The number of nitrogens with two attached hydrogens (primary N) is 1. The average Bonchev–Trinajstić information content (AvgIpc) is 2.07. The van der Waals surface area contributed by atoms with Crippen LogP contribution in [0.5, 0.6) is 0 Å². The summed E-state index contributed by atoms with van der Waals surface area (Å²) in [6.45, 7) is 2.01. The molecule has 5 nitrogen and oxygen atoms in total. The van der Waals surface area contributed by atoms with Gasteiger partial charge in [-0.25, -0.2) is 5.14 Å². The van der Waals surface area contributed by atoms with Crippen molar-refractivity contribution in [3.63, 3.8) is 0 Å². The molecule has 0 aromatic rings. The first-order valence-electron chi connectivity index (χ1n) is 3.31. The fourth-order valence-corrected chi connectivity index (χ4v) is 1.92. The van der Waals surface area contributed by atoms with E-state index in [1.165, 1.54) is 0 Å². The molecular formula is C5H12N2O3S. The SMILES string of the molecule is CC1(O)CCN(S(N)(=O)=O)C1. The predicted molar refractivity (Wildman–Crippen MR) is 39.9 cm³/mol. The highest BCUT2D eigenvalue weighted by atomic mass is 32.2. The van der Waals surface area contributed by atoms with Crippen molar-refractivity contribution in [3.05, 3.63) is 0 Å². The van der Waals surface area contributed by atoms with Crippen molar-refractivity contribution in [2.24, 2.45) is 5.14 Å². The highest BCUT2D eigenvalue weighted by molar-refractivity contribution is 7.86. The molecular weight excluding hydrogens is 168 g/mol. The number of hydrogen-bond acceptors (Lipinski definition) is 3. The Labute approximate surface area is 66.0 Å². The highest BCUT2D eigenvalue weighted by Crippen LogP contribution is 2.21. The highest BCUT2D eigenvalue weighted by Gasteiger charge is 2.35. The number of rotatable bonds is 1. The number of hydrogen-bond donors (Lipinski definition) is 2. The summed E-state index contributed by atoms with van der Waals surface area (Å²) in [5.74, 6) is 0. The molecule has 1 fully saturated rings. The molecule has 0 saturated carbocycles. The molecule has 0 aliphatic carbocycles. The van der Waals surface area contributed by atoms with E-state index in [4.69, 9.17) is 5.14 Å². The molecule has 66 valence electrons.